The van der Waals surface area contributed by atoms with Crippen LogP contribution in [0.15, 0.2) is 46.0 Å². The summed E-state index contributed by atoms with van der Waals surface area (Å²) < 4.78 is 21.0. The highest BCUT2D eigenvalue weighted by atomic mass is 35.5. The van der Waals surface area contributed by atoms with Crippen molar-refractivity contribution in [2.75, 3.05) is 12.3 Å². The van der Waals surface area contributed by atoms with E-state index in [2.05, 4.69) is 20.8 Å². The van der Waals surface area contributed by atoms with Gasteiger partial charge in [-0.1, -0.05) is 23.9 Å². The van der Waals surface area contributed by atoms with Gasteiger partial charge in [0.1, 0.15) is 17.3 Å². The quantitative estimate of drug-likeness (QED) is 0.510. The van der Waals surface area contributed by atoms with Crippen LogP contribution in [0.4, 0.5) is 4.39 Å². The first-order valence-electron chi connectivity index (χ1n) is 7.13. The van der Waals surface area contributed by atoms with Crippen molar-refractivity contribution in [1.82, 2.24) is 25.5 Å². The summed E-state index contributed by atoms with van der Waals surface area (Å²) in [7, 11) is 1.81. The summed E-state index contributed by atoms with van der Waals surface area (Å²) in [4.78, 5) is 0. The fraction of sp³-hybridized carbons (Fsp3) is 0.267. The molecule has 0 aliphatic heterocycles. The minimum Gasteiger partial charge on any atom is -0.460 e. The third-order valence-corrected chi connectivity index (χ3v) is 4.20. The van der Waals surface area contributed by atoms with Crippen molar-refractivity contribution < 1.29 is 8.81 Å². The predicted molar refractivity (Wildman–Crippen MR) is 92.6 cm³/mol. The van der Waals surface area contributed by atoms with Crippen LogP contribution in [0.3, 0.4) is 0 Å². The summed E-state index contributed by atoms with van der Waals surface area (Å²) in [6.45, 7) is 1.37. The Morgan fingerprint density at radius 1 is 1.25 bits per heavy atom. The zero-order valence-electron chi connectivity index (χ0n) is 13.0. The van der Waals surface area contributed by atoms with E-state index in [9.17, 15) is 4.39 Å². The maximum Gasteiger partial charge on any atom is 0.209 e. The second-order valence-electron chi connectivity index (χ2n) is 4.86. The third-order valence-electron chi connectivity index (χ3n) is 3.19. The Labute approximate surface area is 149 Å². The van der Waals surface area contributed by atoms with Crippen molar-refractivity contribution in [2.45, 2.75) is 11.7 Å². The summed E-state index contributed by atoms with van der Waals surface area (Å²) in [6, 6.07) is 10.2. The standard InChI is InChI=1S/C15H16FN5OS.ClH/c1-21-15(18-19-20-21)23-9-8-17-10-11-6-7-14(22-11)12-4-2-3-5-13(12)16;/h2-7,17H,8-10H2,1H3;1H. The molecule has 0 amide bonds. The Kier molecular flexibility index (Phi) is 6.77. The first kappa shape index (κ1) is 18.4. The summed E-state index contributed by atoms with van der Waals surface area (Å²) in [5.41, 5.74) is 0.476. The average Bonchev–Trinajstić information content (AvgIpc) is 3.17. The number of furan rings is 1. The van der Waals surface area contributed by atoms with E-state index in [1.165, 1.54) is 6.07 Å². The molecule has 2 heterocycles. The minimum atomic E-state index is -0.282. The van der Waals surface area contributed by atoms with E-state index in [4.69, 9.17) is 4.42 Å². The summed E-state index contributed by atoms with van der Waals surface area (Å²) in [6.07, 6.45) is 0. The Morgan fingerprint density at radius 2 is 2.08 bits per heavy atom. The molecule has 2 aromatic heterocycles. The van der Waals surface area contributed by atoms with Crippen LogP contribution in [-0.2, 0) is 13.6 Å². The van der Waals surface area contributed by atoms with E-state index in [-0.39, 0.29) is 18.2 Å². The van der Waals surface area contributed by atoms with Crippen LogP contribution in [0.25, 0.3) is 11.3 Å². The van der Waals surface area contributed by atoms with Gasteiger partial charge in [-0.3, -0.25) is 0 Å². The number of nitrogens with one attached hydrogen (secondary N) is 1. The molecule has 0 unspecified atom stereocenters. The Bertz CT molecular complexity index is 779. The Hall–Kier alpha value is -1.90. The minimum absolute atomic E-state index is 0. The van der Waals surface area contributed by atoms with Gasteiger partial charge in [-0.15, -0.1) is 17.5 Å². The smallest absolute Gasteiger partial charge is 0.209 e. The van der Waals surface area contributed by atoms with Crippen molar-refractivity contribution in [3.8, 4) is 11.3 Å². The molecule has 0 aliphatic rings. The number of hydrogen-bond acceptors (Lipinski definition) is 6. The highest BCUT2D eigenvalue weighted by molar-refractivity contribution is 7.99. The SMILES string of the molecule is Cl.Cn1nnnc1SCCNCc1ccc(-c2ccccc2F)o1. The number of nitrogens with zero attached hydrogens (tertiary/aromatic N) is 4. The summed E-state index contributed by atoms with van der Waals surface area (Å²) in [5.74, 6) is 1.87. The second kappa shape index (κ2) is 8.81. The molecule has 0 fully saturated rings. The molecule has 9 heteroatoms. The van der Waals surface area contributed by atoms with Gasteiger partial charge in [-0.25, -0.2) is 9.07 Å². The van der Waals surface area contributed by atoms with E-state index in [0.717, 1.165) is 23.2 Å². The van der Waals surface area contributed by atoms with Gasteiger partial charge in [0.25, 0.3) is 0 Å². The molecule has 1 N–H and O–H groups in total. The average molecular weight is 370 g/mol. The molecular formula is C15H17ClFN5OS. The molecule has 1 aromatic carbocycles. The molecule has 0 radical (unpaired) electrons. The molecule has 3 aromatic rings. The first-order chi connectivity index (χ1) is 11.2. The number of aryl methyl sites for hydroxylation is 1. The monoisotopic (exact) mass is 369 g/mol. The maximum absolute atomic E-state index is 13.7. The van der Waals surface area contributed by atoms with Gasteiger partial charge in [-0.05, 0) is 34.7 Å². The van der Waals surface area contributed by atoms with E-state index < -0.39 is 0 Å². The van der Waals surface area contributed by atoms with Crippen LogP contribution in [0.2, 0.25) is 0 Å². The van der Waals surface area contributed by atoms with Gasteiger partial charge >= 0.3 is 0 Å². The fourth-order valence-electron chi connectivity index (χ4n) is 2.05. The molecule has 0 aliphatic carbocycles. The fourth-order valence-corrected chi connectivity index (χ4v) is 2.79. The van der Waals surface area contributed by atoms with Gasteiger partial charge in [0.05, 0.1) is 12.1 Å². The largest absolute Gasteiger partial charge is 0.460 e. The molecule has 128 valence electrons. The van der Waals surface area contributed by atoms with Gasteiger partial charge in [-0.2, -0.15) is 0 Å². The molecule has 0 spiro atoms. The number of hydrogen-bond donors (Lipinski definition) is 1. The Balaban J connectivity index is 0.00000208. The molecule has 0 saturated carbocycles. The van der Waals surface area contributed by atoms with Gasteiger partial charge in [0.2, 0.25) is 5.16 Å². The number of benzene rings is 1. The lowest BCUT2D eigenvalue weighted by Crippen LogP contribution is -2.16. The van der Waals surface area contributed by atoms with Crippen LogP contribution in [0.5, 0.6) is 0 Å². The number of aromatic nitrogens is 4. The van der Waals surface area contributed by atoms with Crippen LogP contribution < -0.4 is 5.32 Å². The molecular weight excluding hydrogens is 353 g/mol. The highest BCUT2D eigenvalue weighted by Gasteiger charge is 2.09. The third kappa shape index (κ3) is 4.56. The maximum atomic E-state index is 13.7. The van der Waals surface area contributed by atoms with Crippen LogP contribution in [0, 0.1) is 5.82 Å². The normalized spacial score (nSPS) is 10.6. The lowest BCUT2D eigenvalue weighted by atomic mass is 10.1. The predicted octanol–water partition coefficient (Wildman–Crippen LogP) is 2.91. The Morgan fingerprint density at radius 3 is 2.83 bits per heavy atom. The van der Waals surface area contributed by atoms with Crippen LogP contribution in [-0.4, -0.2) is 32.5 Å². The first-order valence-corrected chi connectivity index (χ1v) is 8.12. The summed E-state index contributed by atoms with van der Waals surface area (Å²) >= 11 is 1.58. The zero-order valence-corrected chi connectivity index (χ0v) is 14.6. The lowest BCUT2D eigenvalue weighted by molar-refractivity contribution is 0.495. The molecule has 3 rings (SSSR count). The summed E-state index contributed by atoms with van der Waals surface area (Å²) in [5, 5.41) is 15.3. The second-order valence-corrected chi connectivity index (χ2v) is 5.92. The van der Waals surface area contributed by atoms with E-state index in [1.54, 1.807) is 40.7 Å². The van der Waals surface area contributed by atoms with Crippen LogP contribution in [0.1, 0.15) is 5.76 Å². The van der Waals surface area contributed by atoms with Gasteiger partial charge < -0.3 is 9.73 Å². The molecule has 0 atom stereocenters. The van der Waals surface area contributed by atoms with Crippen LogP contribution >= 0.6 is 24.2 Å². The van der Waals surface area contributed by atoms with Crippen molar-refractivity contribution in [1.29, 1.82) is 0 Å². The number of rotatable bonds is 7. The van der Waals surface area contributed by atoms with Crippen molar-refractivity contribution in [2.24, 2.45) is 7.05 Å². The van der Waals surface area contributed by atoms with E-state index in [0.29, 0.717) is 17.9 Å². The van der Waals surface area contributed by atoms with Gasteiger partial charge in [0, 0.05) is 19.3 Å². The topological polar surface area (TPSA) is 68.8 Å². The number of halogens is 2. The van der Waals surface area contributed by atoms with E-state index in [1.807, 2.05) is 13.1 Å². The molecule has 0 bridgehead atoms. The number of thioether (sulfide) groups is 1. The highest BCUT2D eigenvalue weighted by Crippen LogP contribution is 2.24. The molecule has 24 heavy (non-hydrogen) atoms. The van der Waals surface area contributed by atoms with Crippen molar-refractivity contribution >= 4 is 24.2 Å². The number of tetrazole rings is 1. The van der Waals surface area contributed by atoms with E-state index >= 15 is 0 Å². The van der Waals surface area contributed by atoms with Crippen molar-refractivity contribution in [3.05, 3.63) is 48.0 Å². The van der Waals surface area contributed by atoms with Crippen molar-refractivity contribution in [3.63, 3.8) is 0 Å². The molecule has 0 saturated heterocycles. The van der Waals surface area contributed by atoms with Gasteiger partial charge in [0.15, 0.2) is 0 Å². The molecule has 6 nitrogen and oxygen atoms in total. The lowest BCUT2D eigenvalue weighted by Gasteiger charge is -2.02. The zero-order chi connectivity index (χ0) is 16.1.